The van der Waals surface area contributed by atoms with E-state index in [0.717, 1.165) is 6.92 Å². The Balaban J connectivity index is 3.05. The Morgan fingerprint density at radius 3 is 2.29 bits per heavy atom. The van der Waals surface area contributed by atoms with Crippen molar-refractivity contribution in [3.8, 4) is 0 Å². The Kier molecular flexibility index (Phi) is 3.76. The van der Waals surface area contributed by atoms with Crippen LogP contribution in [0.3, 0.4) is 0 Å². The zero-order chi connectivity index (χ0) is 13.0. The van der Waals surface area contributed by atoms with Gasteiger partial charge in [-0.1, -0.05) is 18.2 Å². The highest BCUT2D eigenvalue weighted by molar-refractivity contribution is 5.95. The van der Waals surface area contributed by atoms with E-state index in [2.05, 4.69) is 0 Å². The lowest BCUT2D eigenvalue weighted by Crippen LogP contribution is -2.46. The molecule has 0 saturated carbocycles. The lowest BCUT2D eigenvalue weighted by Gasteiger charge is -2.15. The number of hydrazine groups is 1. The van der Waals surface area contributed by atoms with Gasteiger partial charge < -0.3 is 5.11 Å². The number of nitrogens with zero attached hydrogens (tertiary/aromatic N) is 2. The molecule has 0 aliphatic heterocycles. The molecule has 1 atom stereocenters. The third-order valence-electron chi connectivity index (χ3n) is 2.13. The molecule has 17 heavy (non-hydrogen) atoms. The van der Waals surface area contributed by atoms with Crippen LogP contribution in [0.25, 0.3) is 0 Å². The van der Waals surface area contributed by atoms with Crippen molar-refractivity contribution in [1.29, 1.82) is 0 Å². The highest BCUT2D eigenvalue weighted by atomic mass is 16.7. The van der Waals surface area contributed by atoms with Crippen molar-refractivity contribution in [2.24, 2.45) is 0 Å². The van der Waals surface area contributed by atoms with Crippen molar-refractivity contribution in [3.63, 3.8) is 0 Å². The van der Waals surface area contributed by atoms with Crippen LogP contribution in [0.4, 0.5) is 0 Å². The van der Waals surface area contributed by atoms with Gasteiger partial charge in [0.15, 0.2) is 11.1 Å². The minimum Gasteiger partial charge on any atom is -0.480 e. The first-order valence-electron chi connectivity index (χ1n) is 4.71. The fourth-order valence-corrected chi connectivity index (χ4v) is 1.21. The minimum atomic E-state index is -1.53. The highest BCUT2D eigenvalue weighted by Crippen LogP contribution is 2.08. The first-order valence-corrected chi connectivity index (χ1v) is 4.71. The number of amides is 1. The minimum absolute atomic E-state index is 0.0669. The van der Waals surface area contributed by atoms with E-state index >= 15 is 0 Å². The van der Waals surface area contributed by atoms with Gasteiger partial charge in [-0.3, -0.25) is 4.79 Å². The molecule has 0 aliphatic carbocycles. The number of benzene rings is 1. The molecule has 0 bridgehead atoms. The lowest BCUT2D eigenvalue weighted by molar-refractivity contribution is -0.637. The number of carboxylic acid groups (broad SMARTS) is 1. The summed E-state index contributed by atoms with van der Waals surface area (Å²) in [5.41, 5.74) is 0.0669. The number of rotatable bonds is 4. The molecule has 1 aromatic rings. The van der Waals surface area contributed by atoms with Crippen LogP contribution in [0.15, 0.2) is 30.3 Å². The van der Waals surface area contributed by atoms with Gasteiger partial charge >= 0.3 is 11.9 Å². The van der Waals surface area contributed by atoms with Crippen LogP contribution in [0, 0.1) is 10.1 Å². The number of hydrogen-bond donors (Lipinski definition) is 1. The van der Waals surface area contributed by atoms with Gasteiger partial charge in [0.1, 0.15) is 0 Å². The van der Waals surface area contributed by atoms with Gasteiger partial charge in [0.25, 0.3) is 0 Å². The van der Waals surface area contributed by atoms with E-state index in [-0.39, 0.29) is 10.6 Å². The predicted molar refractivity (Wildman–Crippen MR) is 56.7 cm³/mol. The summed E-state index contributed by atoms with van der Waals surface area (Å²) in [6.45, 7) is 1.08. The summed E-state index contributed by atoms with van der Waals surface area (Å²) in [7, 11) is 0. The van der Waals surface area contributed by atoms with Crippen molar-refractivity contribution in [1.82, 2.24) is 5.01 Å². The molecule has 1 amide bonds. The third kappa shape index (κ3) is 2.77. The zero-order valence-corrected chi connectivity index (χ0v) is 8.94. The number of carbonyl (C=O) groups is 2. The quantitative estimate of drug-likeness (QED) is 0.617. The van der Waals surface area contributed by atoms with Crippen molar-refractivity contribution in [2.45, 2.75) is 13.0 Å². The maximum absolute atomic E-state index is 11.8. The second kappa shape index (κ2) is 5.06. The van der Waals surface area contributed by atoms with E-state index in [9.17, 15) is 19.7 Å². The standard InChI is InChI=1S/C10H10N2O5/c1-7(10(14)15)11(12(16)17)9(13)8-5-3-2-4-6-8/h2-7H,1H3,(H,14,15)/t7-/m0/s1. The van der Waals surface area contributed by atoms with Gasteiger partial charge in [0.05, 0.1) is 0 Å². The van der Waals surface area contributed by atoms with Crippen LogP contribution in [-0.4, -0.2) is 33.1 Å². The molecule has 0 radical (unpaired) electrons. The smallest absolute Gasteiger partial charge is 0.332 e. The van der Waals surface area contributed by atoms with Crippen LogP contribution >= 0.6 is 0 Å². The topological polar surface area (TPSA) is 101 Å². The van der Waals surface area contributed by atoms with Gasteiger partial charge in [-0.15, -0.1) is 0 Å². The van der Waals surface area contributed by atoms with E-state index in [1.165, 1.54) is 24.3 Å². The van der Waals surface area contributed by atoms with Crippen LogP contribution in [0.2, 0.25) is 0 Å². The van der Waals surface area contributed by atoms with Crippen molar-refractivity contribution >= 4 is 11.9 Å². The molecule has 0 aromatic heterocycles. The van der Waals surface area contributed by atoms with Crippen molar-refractivity contribution < 1.29 is 19.7 Å². The van der Waals surface area contributed by atoms with E-state index in [1.807, 2.05) is 0 Å². The highest BCUT2D eigenvalue weighted by Gasteiger charge is 2.35. The zero-order valence-electron chi connectivity index (χ0n) is 8.94. The molecule has 0 unspecified atom stereocenters. The molecule has 0 spiro atoms. The summed E-state index contributed by atoms with van der Waals surface area (Å²) in [5, 5.41) is 18.5. The van der Waals surface area contributed by atoms with Crippen LogP contribution < -0.4 is 0 Å². The second-order valence-electron chi connectivity index (χ2n) is 3.27. The summed E-state index contributed by atoms with van der Waals surface area (Å²) in [5.74, 6) is -2.39. The Bertz CT molecular complexity index is 445. The van der Waals surface area contributed by atoms with Gasteiger partial charge in [-0.2, -0.15) is 0 Å². The largest absolute Gasteiger partial charge is 0.480 e. The molecule has 0 saturated heterocycles. The Labute approximate surface area is 96.4 Å². The van der Waals surface area contributed by atoms with E-state index in [1.54, 1.807) is 6.07 Å². The molecular weight excluding hydrogens is 228 g/mol. The fraction of sp³-hybridized carbons (Fsp3) is 0.200. The molecule has 0 aliphatic rings. The first-order chi connectivity index (χ1) is 7.95. The van der Waals surface area contributed by atoms with E-state index in [4.69, 9.17) is 5.11 Å². The average Bonchev–Trinajstić information content (AvgIpc) is 2.29. The van der Waals surface area contributed by atoms with Gasteiger partial charge in [0.2, 0.25) is 0 Å². The predicted octanol–water partition coefficient (Wildman–Crippen LogP) is 0.794. The number of hydrogen-bond acceptors (Lipinski definition) is 4. The summed E-state index contributed by atoms with van der Waals surface area (Å²) < 4.78 is 0. The number of carboxylic acids is 1. The molecule has 1 N–H and O–H groups in total. The maximum Gasteiger partial charge on any atom is 0.332 e. The van der Waals surface area contributed by atoms with Crippen LogP contribution in [-0.2, 0) is 4.79 Å². The molecule has 0 heterocycles. The van der Waals surface area contributed by atoms with Crippen LogP contribution in [0.1, 0.15) is 17.3 Å². The number of carbonyl (C=O) groups excluding carboxylic acids is 1. The van der Waals surface area contributed by atoms with Crippen LogP contribution in [0.5, 0.6) is 0 Å². The molecular formula is C10H10N2O5. The first kappa shape index (κ1) is 12.6. The molecule has 7 nitrogen and oxygen atoms in total. The van der Waals surface area contributed by atoms with Gasteiger partial charge in [-0.05, 0) is 24.1 Å². The lowest BCUT2D eigenvalue weighted by atomic mass is 10.2. The van der Waals surface area contributed by atoms with Gasteiger partial charge in [-0.25, -0.2) is 14.9 Å². The van der Waals surface area contributed by atoms with Crippen molar-refractivity contribution in [3.05, 3.63) is 46.0 Å². The summed E-state index contributed by atoms with van der Waals surface area (Å²) in [4.78, 5) is 33.1. The number of nitro groups is 1. The Morgan fingerprint density at radius 1 is 1.35 bits per heavy atom. The molecule has 7 heteroatoms. The van der Waals surface area contributed by atoms with Crippen molar-refractivity contribution in [2.75, 3.05) is 0 Å². The number of aliphatic carboxylic acids is 1. The normalized spacial score (nSPS) is 11.6. The SMILES string of the molecule is C[C@@H](C(=O)O)N(C(=O)c1ccccc1)[N+](=O)[O-]. The molecule has 90 valence electrons. The maximum atomic E-state index is 11.8. The van der Waals surface area contributed by atoms with E-state index in [0.29, 0.717) is 0 Å². The second-order valence-corrected chi connectivity index (χ2v) is 3.27. The Morgan fingerprint density at radius 2 is 1.88 bits per heavy atom. The summed E-state index contributed by atoms with van der Waals surface area (Å²) in [6, 6.07) is 5.96. The third-order valence-corrected chi connectivity index (χ3v) is 2.13. The summed E-state index contributed by atoms with van der Waals surface area (Å²) in [6.07, 6.45) is 0. The molecule has 1 rings (SSSR count). The summed E-state index contributed by atoms with van der Waals surface area (Å²) >= 11 is 0. The average molecular weight is 238 g/mol. The molecule has 0 fully saturated rings. The van der Waals surface area contributed by atoms with Gasteiger partial charge in [0, 0.05) is 5.56 Å². The molecule has 1 aromatic carbocycles. The monoisotopic (exact) mass is 238 g/mol. The fourth-order valence-electron chi connectivity index (χ4n) is 1.21. The Hall–Kier alpha value is -2.44. The van der Waals surface area contributed by atoms with E-state index < -0.39 is 23.0 Å².